The summed E-state index contributed by atoms with van der Waals surface area (Å²) >= 11 is 5.18. The first kappa shape index (κ1) is 18.1. The molecule has 0 saturated carbocycles. The summed E-state index contributed by atoms with van der Waals surface area (Å²) in [6, 6.07) is 4.39. The third-order valence-electron chi connectivity index (χ3n) is 3.49. The highest BCUT2D eigenvalue weighted by Gasteiger charge is 2.39. The van der Waals surface area contributed by atoms with Gasteiger partial charge in [0.05, 0.1) is 13.2 Å². The minimum Gasteiger partial charge on any atom is -0.504 e. The molecular formula is C17H22N2O4S. The number of hydrogen-bond donors (Lipinski definition) is 3. The summed E-state index contributed by atoms with van der Waals surface area (Å²) in [4.78, 5) is 12.6. The molecule has 1 aliphatic rings. The Morgan fingerprint density at radius 2 is 2.04 bits per heavy atom. The molecule has 7 heteroatoms. The van der Waals surface area contributed by atoms with Gasteiger partial charge in [-0.15, -0.1) is 0 Å². The molecule has 1 saturated heterocycles. The van der Waals surface area contributed by atoms with Crippen molar-refractivity contribution in [1.82, 2.24) is 10.6 Å². The van der Waals surface area contributed by atoms with E-state index in [4.69, 9.17) is 21.7 Å². The lowest BCUT2D eigenvalue weighted by Gasteiger charge is -2.36. The van der Waals surface area contributed by atoms with Crippen molar-refractivity contribution in [3.63, 3.8) is 0 Å². The number of aromatic hydroxyl groups is 1. The van der Waals surface area contributed by atoms with Gasteiger partial charge in [0, 0.05) is 5.70 Å². The standard InChI is InChI=1S/C17H22N2O4S/c1-9-13(15(21)23-17(2,3)4)14(19-16(24)18-9)10-6-7-11(20)12(8-10)22-5/h6-8,13-14,20H,1H2,2-5H3,(H2,18,19,24)/t13-,14+/m0/s1. The molecule has 2 rings (SSSR count). The second-order valence-electron chi connectivity index (χ2n) is 6.54. The minimum absolute atomic E-state index is 0.0189. The van der Waals surface area contributed by atoms with Crippen molar-refractivity contribution in [2.75, 3.05) is 7.11 Å². The van der Waals surface area contributed by atoms with Gasteiger partial charge in [0.15, 0.2) is 16.6 Å². The van der Waals surface area contributed by atoms with Crippen molar-refractivity contribution in [2.24, 2.45) is 5.92 Å². The van der Waals surface area contributed by atoms with Crippen LogP contribution >= 0.6 is 12.2 Å². The lowest BCUT2D eigenvalue weighted by Crippen LogP contribution is -2.51. The normalized spacial score (nSPS) is 20.8. The van der Waals surface area contributed by atoms with Crippen LogP contribution in [-0.2, 0) is 9.53 Å². The molecule has 0 aliphatic carbocycles. The number of benzene rings is 1. The number of thiocarbonyl (C=S) groups is 1. The maximum Gasteiger partial charge on any atom is 0.317 e. The molecule has 0 spiro atoms. The van der Waals surface area contributed by atoms with Crippen LogP contribution in [0.2, 0.25) is 0 Å². The second-order valence-corrected chi connectivity index (χ2v) is 6.95. The quantitative estimate of drug-likeness (QED) is 0.570. The van der Waals surface area contributed by atoms with Crippen molar-refractivity contribution in [2.45, 2.75) is 32.4 Å². The van der Waals surface area contributed by atoms with Gasteiger partial charge in [0.2, 0.25) is 0 Å². The van der Waals surface area contributed by atoms with Crippen LogP contribution < -0.4 is 15.4 Å². The van der Waals surface area contributed by atoms with E-state index in [1.807, 2.05) is 0 Å². The predicted molar refractivity (Wildman–Crippen MR) is 94.7 cm³/mol. The molecule has 1 aromatic rings. The number of esters is 1. The van der Waals surface area contributed by atoms with Crippen LogP contribution in [0.3, 0.4) is 0 Å². The van der Waals surface area contributed by atoms with Gasteiger partial charge in [-0.25, -0.2) is 0 Å². The first-order valence-electron chi connectivity index (χ1n) is 7.48. The Kier molecular flexibility index (Phi) is 5.03. The molecule has 0 radical (unpaired) electrons. The largest absolute Gasteiger partial charge is 0.504 e. The first-order valence-corrected chi connectivity index (χ1v) is 7.89. The Morgan fingerprint density at radius 3 is 2.62 bits per heavy atom. The summed E-state index contributed by atoms with van der Waals surface area (Å²) < 4.78 is 10.7. The van der Waals surface area contributed by atoms with Gasteiger partial charge in [0.1, 0.15) is 11.5 Å². The van der Waals surface area contributed by atoms with Gasteiger partial charge in [0.25, 0.3) is 0 Å². The summed E-state index contributed by atoms with van der Waals surface area (Å²) in [5.41, 5.74) is 0.572. The maximum atomic E-state index is 12.6. The van der Waals surface area contributed by atoms with Crippen LogP contribution in [0.15, 0.2) is 30.5 Å². The van der Waals surface area contributed by atoms with Crippen LogP contribution in [0.1, 0.15) is 32.4 Å². The maximum absolute atomic E-state index is 12.6. The number of hydrogen-bond acceptors (Lipinski definition) is 5. The third-order valence-corrected chi connectivity index (χ3v) is 3.71. The fraction of sp³-hybridized carbons (Fsp3) is 0.412. The van der Waals surface area contributed by atoms with Gasteiger partial charge in [-0.3, -0.25) is 4.79 Å². The van der Waals surface area contributed by atoms with Gasteiger partial charge >= 0.3 is 5.97 Å². The van der Waals surface area contributed by atoms with Crippen molar-refractivity contribution in [3.05, 3.63) is 36.0 Å². The zero-order chi connectivity index (χ0) is 18.1. The van der Waals surface area contributed by atoms with Crippen LogP contribution in [0.25, 0.3) is 0 Å². The van der Waals surface area contributed by atoms with Crippen LogP contribution in [0.4, 0.5) is 0 Å². The molecule has 3 N–H and O–H groups in total. The zero-order valence-electron chi connectivity index (χ0n) is 14.2. The number of rotatable bonds is 3. The Hall–Kier alpha value is -2.28. The molecule has 0 bridgehead atoms. The van der Waals surface area contributed by atoms with E-state index in [2.05, 4.69) is 17.2 Å². The number of methoxy groups -OCH3 is 1. The number of carbonyl (C=O) groups excluding carboxylic acids is 1. The topological polar surface area (TPSA) is 79.8 Å². The molecule has 2 atom stereocenters. The summed E-state index contributed by atoms with van der Waals surface area (Å²) in [6.07, 6.45) is 0. The minimum atomic E-state index is -0.676. The van der Waals surface area contributed by atoms with E-state index in [9.17, 15) is 9.90 Å². The fourth-order valence-electron chi connectivity index (χ4n) is 2.49. The summed E-state index contributed by atoms with van der Waals surface area (Å²) in [5.74, 6) is -0.755. The molecule has 6 nitrogen and oxygen atoms in total. The number of carbonyl (C=O) groups is 1. The molecule has 130 valence electrons. The highest BCUT2D eigenvalue weighted by atomic mass is 32.1. The molecule has 1 heterocycles. The van der Waals surface area contributed by atoms with E-state index in [0.29, 0.717) is 16.6 Å². The predicted octanol–water partition coefficient (Wildman–Crippen LogP) is 2.39. The molecular weight excluding hydrogens is 328 g/mol. The number of nitrogens with one attached hydrogen (secondary N) is 2. The van der Waals surface area contributed by atoms with Crippen molar-refractivity contribution in [1.29, 1.82) is 0 Å². The molecule has 0 unspecified atom stereocenters. The summed E-state index contributed by atoms with van der Waals surface area (Å²) in [7, 11) is 1.46. The first-order chi connectivity index (χ1) is 11.1. The van der Waals surface area contributed by atoms with Crippen LogP contribution in [0, 0.1) is 5.92 Å². The van der Waals surface area contributed by atoms with Gasteiger partial charge in [-0.05, 0) is 50.7 Å². The van der Waals surface area contributed by atoms with E-state index in [0.717, 1.165) is 5.56 Å². The van der Waals surface area contributed by atoms with Crippen molar-refractivity contribution in [3.8, 4) is 11.5 Å². The smallest absolute Gasteiger partial charge is 0.317 e. The average Bonchev–Trinajstić information content (AvgIpc) is 2.44. The summed E-state index contributed by atoms with van der Waals surface area (Å²) in [5, 5.41) is 16.1. The monoisotopic (exact) mass is 350 g/mol. The SMILES string of the molecule is C=C1NC(=S)N[C@H](c2ccc(O)c(OC)c2)[C@H]1C(=O)OC(C)(C)C. The van der Waals surface area contributed by atoms with Gasteiger partial charge in [-0.1, -0.05) is 12.6 Å². The van der Waals surface area contributed by atoms with Crippen molar-refractivity contribution >= 4 is 23.3 Å². The average molecular weight is 350 g/mol. The Balaban J connectivity index is 2.40. The van der Waals surface area contributed by atoms with E-state index >= 15 is 0 Å². The van der Waals surface area contributed by atoms with Crippen LogP contribution in [0.5, 0.6) is 11.5 Å². The number of phenolic OH excluding ortho intramolecular Hbond substituents is 1. The Bertz CT molecular complexity index is 682. The molecule has 1 aliphatic heterocycles. The number of ether oxygens (including phenoxy) is 2. The van der Waals surface area contributed by atoms with E-state index < -0.39 is 23.5 Å². The molecule has 24 heavy (non-hydrogen) atoms. The van der Waals surface area contributed by atoms with Gasteiger partial charge in [-0.2, -0.15) is 0 Å². The second kappa shape index (κ2) is 6.68. The lowest BCUT2D eigenvalue weighted by molar-refractivity contribution is -0.159. The molecule has 1 fully saturated rings. The summed E-state index contributed by atoms with van der Waals surface area (Å²) in [6.45, 7) is 9.33. The highest BCUT2D eigenvalue weighted by molar-refractivity contribution is 7.80. The molecule has 0 aromatic heterocycles. The van der Waals surface area contributed by atoms with E-state index in [1.54, 1.807) is 32.9 Å². The van der Waals surface area contributed by atoms with Gasteiger partial charge < -0.3 is 25.2 Å². The zero-order valence-corrected chi connectivity index (χ0v) is 15.0. The molecule has 1 aromatic carbocycles. The van der Waals surface area contributed by atoms with Crippen molar-refractivity contribution < 1.29 is 19.4 Å². The lowest BCUT2D eigenvalue weighted by atomic mass is 9.88. The third kappa shape index (κ3) is 3.97. The molecule has 0 amide bonds. The van der Waals surface area contributed by atoms with E-state index in [-0.39, 0.29) is 5.75 Å². The number of phenols is 1. The van der Waals surface area contributed by atoms with Crippen LogP contribution in [-0.4, -0.2) is 28.9 Å². The Morgan fingerprint density at radius 1 is 1.38 bits per heavy atom. The fourth-order valence-corrected chi connectivity index (χ4v) is 2.75. The highest BCUT2D eigenvalue weighted by Crippen LogP contribution is 2.35. The van der Waals surface area contributed by atoms with E-state index in [1.165, 1.54) is 13.2 Å². The Labute approximate surface area is 146 Å².